The quantitative estimate of drug-likeness (QED) is 0.0468. The van der Waals surface area contributed by atoms with E-state index < -0.39 is 59.9 Å². The van der Waals surface area contributed by atoms with Crippen LogP contribution in [0.15, 0.2) is 4.99 Å². The van der Waals surface area contributed by atoms with Crippen molar-refractivity contribution in [2.75, 3.05) is 18.6 Å². The second-order valence-corrected chi connectivity index (χ2v) is 9.01. The highest BCUT2D eigenvalue weighted by Gasteiger charge is 2.32. The highest BCUT2D eigenvalue weighted by molar-refractivity contribution is 7.98. The number of amides is 4. The van der Waals surface area contributed by atoms with Gasteiger partial charge in [0.1, 0.15) is 18.1 Å². The predicted molar refractivity (Wildman–Crippen MR) is 134 cm³/mol. The summed E-state index contributed by atoms with van der Waals surface area (Å²) in [7, 11) is 0. The number of rotatable bonds is 18. The van der Waals surface area contributed by atoms with Crippen LogP contribution in [-0.2, 0) is 24.0 Å². The lowest BCUT2D eigenvalue weighted by Gasteiger charge is -2.26. The number of carbonyl (C=O) groups excluding carboxylic acids is 4. The molecule has 0 aliphatic heterocycles. The minimum atomic E-state index is -1.43. The van der Waals surface area contributed by atoms with Gasteiger partial charge in [-0.05, 0) is 44.6 Å². The van der Waals surface area contributed by atoms with Crippen LogP contribution in [0, 0.1) is 0 Å². The summed E-state index contributed by atoms with van der Waals surface area (Å²) in [5.41, 5.74) is 21.3. The molecule has 0 bridgehead atoms. The van der Waals surface area contributed by atoms with Gasteiger partial charge in [0.25, 0.3) is 0 Å². The lowest BCUT2D eigenvalue weighted by molar-refractivity contribution is -0.142. The number of aliphatic imine (C=N–C) groups is 1. The number of primary amides is 1. The molecule has 0 aromatic carbocycles. The molecular weight excluding hydrogens is 496 g/mol. The fourth-order valence-corrected chi connectivity index (χ4v) is 3.37. The average molecular weight is 535 g/mol. The molecule has 16 heteroatoms. The molecule has 36 heavy (non-hydrogen) atoms. The monoisotopic (exact) mass is 534 g/mol. The number of nitrogens with two attached hydrogens (primary N) is 4. The van der Waals surface area contributed by atoms with E-state index >= 15 is 0 Å². The van der Waals surface area contributed by atoms with Crippen molar-refractivity contribution in [2.24, 2.45) is 27.9 Å². The first kappa shape index (κ1) is 32.9. The molecule has 0 radical (unpaired) electrons. The highest BCUT2D eigenvalue weighted by Crippen LogP contribution is 2.06. The Morgan fingerprint density at radius 2 is 1.53 bits per heavy atom. The van der Waals surface area contributed by atoms with Crippen LogP contribution < -0.4 is 38.9 Å². The van der Waals surface area contributed by atoms with Gasteiger partial charge in [0.05, 0.1) is 12.1 Å². The van der Waals surface area contributed by atoms with Crippen molar-refractivity contribution >= 4 is 47.3 Å². The fourth-order valence-electron chi connectivity index (χ4n) is 2.90. The van der Waals surface area contributed by atoms with E-state index in [-0.39, 0.29) is 38.2 Å². The first-order valence-corrected chi connectivity index (χ1v) is 12.6. The molecule has 4 amide bonds. The third-order valence-electron chi connectivity index (χ3n) is 4.90. The topological polar surface area (TPSA) is 278 Å². The maximum atomic E-state index is 12.9. The zero-order valence-electron chi connectivity index (χ0n) is 20.4. The normalized spacial score (nSPS) is 14.9. The van der Waals surface area contributed by atoms with Crippen LogP contribution in [-0.4, -0.2) is 94.6 Å². The Morgan fingerprint density at radius 1 is 0.917 bits per heavy atom. The number of guanidine groups is 1. The molecule has 0 saturated carbocycles. The third kappa shape index (κ3) is 13.7. The fraction of sp³-hybridized carbons (Fsp3) is 0.700. The second-order valence-electron chi connectivity index (χ2n) is 8.03. The van der Waals surface area contributed by atoms with Crippen molar-refractivity contribution in [1.29, 1.82) is 0 Å². The SMILES string of the molecule is CSCCC(NC(=O)C(NC(=O)C(N)CCCN=C(N)N)C(C)O)C(=O)NC(CCC(N)=O)C(=O)O. The van der Waals surface area contributed by atoms with Crippen LogP contribution in [0.25, 0.3) is 0 Å². The van der Waals surface area contributed by atoms with Crippen molar-refractivity contribution < 1.29 is 34.2 Å². The summed E-state index contributed by atoms with van der Waals surface area (Å²) in [5, 5.41) is 26.5. The molecule has 0 aromatic heterocycles. The van der Waals surface area contributed by atoms with E-state index in [1.165, 1.54) is 18.7 Å². The van der Waals surface area contributed by atoms with E-state index in [9.17, 15) is 34.2 Å². The van der Waals surface area contributed by atoms with Crippen LogP contribution in [0.3, 0.4) is 0 Å². The molecule has 0 aliphatic carbocycles. The molecule has 0 aliphatic rings. The lowest BCUT2D eigenvalue weighted by Crippen LogP contribution is -2.59. The number of carboxylic acid groups (broad SMARTS) is 1. The first-order chi connectivity index (χ1) is 16.8. The van der Waals surface area contributed by atoms with Crippen molar-refractivity contribution in [3.8, 4) is 0 Å². The van der Waals surface area contributed by atoms with E-state index in [0.717, 1.165) is 0 Å². The predicted octanol–water partition coefficient (Wildman–Crippen LogP) is -3.69. The molecule has 0 rings (SSSR count). The number of thioether (sulfide) groups is 1. The molecule has 15 nitrogen and oxygen atoms in total. The van der Waals surface area contributed by atoms with E-state index in [2.05, 4.69) is 20.9 Å². The molecule has 206 valence electrons. The van der Waals surface area contributed by atoms with Gasteiger partial charge in [0, 0.05) is 13.0 Å². The Bertz CT molecular complexity index is 792. The van der Waals surface area contributed by atoms with Gasteiger partial charge in [-0.25, -0.2) is 4.79 Å². The van der Waals surface area contributed by atoms with Gasteiger partial charge in [-0.3, -0.25) is 24.2 Å². The van der Waals surface area contributed by atoms with E-state index in [0.29, 0.717) is 12.2 Å². The molecule has 0 spiro atoms. The standard InChI is InChI=1S/C20H38N8O7S/c1-10(29)15(28-16(31)11(21)4-3-8-25-20(23)24)18(33)26-12(7-9-36-2)17(32)27-13(19(34)35)5-6-14(22)30/h10-13,15,29H,3-9,21H2,1-2H3,(H2,22,30)(H,26,33)(H,27,32)(H,28,31)(H,34,35)(H4,23,24,25). The smallest absolute Gasteiger partial charge is 0.326 e. The van der Waals surface area contributed by atoms with Gasteiger partial charge in [-0.1, -0.05) is 0 Å². The number of hydrogen-bond donors (Lipinski definition) is 9. The summed E-state index contributed by atoms with van der Waals surface area (Å²) in [6, 6.07) is -5.02. The molecule has 0 heterocycles. The summed E-state index contributed by atoms with van der Waals surface area (Å²) in [6.45, 7) is 1.53. The minimum absolute atomic E-state index is 0.0959. The number of aliphatic hydroxyl groups excluding tert-OH is 1. The molecule has 0 aromatic rings. The number of aliphatic carboxylic acids is 1. The van der Waals surface area contributed by atoms with Gasteiger partial charge in [-0.2, -0.15) is 11.8 Å². The molecule has 5 atom stereocenters. The average Bonchev–Trinajstić information content (AvgIpc) is 2.78. The molecular formula is C20H38N8O7S. The van der Waals surface area contributed by atoms with Crippen LogP contribution >= 0.6 is 11.8 Å². The largest absolute Gasteiger partial charge is 0.480 e. The van der Waals surface area contributed by atoms with Crippen LogP contribution in [0.2, 0.25) is 0 Å². The number of carbonyl (C=O) groups is 5. The summed E-state index contributed by atoms with van der Waals surface area (Å²) >= 11 is 1.38. The highest BCUT2D eigenvalue weighted by atomic mass is 32.2. The number of hydrogen-bond acceptors (Lipinski definition) is 9. The maximum absolute atomic E-state index is 12.9. The van der Waals surface area contributed by atoms with E-state index in [1.807, 2.05) is 0 Å². The molecule has 0 fully saturated rings. The van der Waals surface area contributed by atoms with Crippen LogP contribution in [0.5, 0.6) is 0 Å². The number of nitrogens with one attached hydrogen (secondary N) is 3. The summed E-state index contributed by atoms with van der Waals surface area (Å²) in [5.74, 6) is -4.14. The van der Waals surface area contributed by atoms with Gasteiger partial charge < -0.3 is 49.1 Å². The Balaban J connectivity index is 5.30. The maximum Gasteiger partial charge on any atom is 0.326 e. The lowest BCUT2D eigenvalue weighted by atomic mass is 10.1. The Morgan fingerprint density at radius 3 is 2.03 bits per heavy atom. The van der Waals surface area contributed by atoms with Crippen LogP contribution in [0.4, 0.5) is 0 Å². The van der Waals surface area contributed by atoms with Crippen molar-refractivity contribution in [3.63, 3.8) is 0 Å². The van der Waals surface area contributed by atoms with Crippen molar-refractivity contribution in [1.82, 2.24) is 16.0 Å². The van der Waals surface area contributed by atoms with Crippen LogP contribution in [0.1, 0.15) is 39.0 Å². The summed E-state index contributed by atoms with van der Waals surface area (Å²) in [6.07, 6.45) is 0.679. The van der Waals surface area contributed by atoms with Crippen molar-refractivity contribution in [3.05, 3.63) is 0 Å². The Hall–Kier alpha value is -3.11. The Kier molecular flexibility index (Phi) is 15.8. The molecule has 0 saturated heterocycles. The number of nitrogens with zero attached hydrogens (tertiary/aromatic N) is 1. The van der Waals surface area contributed by atoms with E-state index in [1.54, 1.807) is 6.26 Å². The summed E-state index contributed by atoms with van der Waals surface area (Å²) < 4.78 is 0. The van der Waals surface area contributed by atoms with Gasteiger partial charge in [0.15, 0.2) is 5.96 Å². The first-order valence-electron chi connectivity index (χ1n) is 11.2. The number of aliphatic hydroxyl groups is 1. The third-order valence-corrected chi connectivity index (χ3v) is 5.55. The second kappa shape index (κ2) is 17.3. The molecule has 5 unspecified atom stereocenters. The molecule has 13 N–H and O–H groups in total. The summed E-state index contributed by atoms with van der Waals surface area (Å²) in [4.78, 5) is 64.2. The van der Waals surface area contributed by atoms with Gasteiger partial charge >= 0.3 is 5.97 Å². The van der Waals surface area contributed by atoms with Crippen molar-refractivity contribution in [2.45, 2.75) is 69.3 Å². The van der Waals surface area contributed by atoms with Gasteiger partial charge in [-0.15, -0.1) is 0 Å². The van der Waals surface area contributed by atoms with Gasteiger partial charge in [0.2, 0.25) is 23.6 Å². The van der Waals surface area contributed by atoms with E-state index in [4.69, 9.17) is 22.9 Å². The zero-order valence-corrected chi connectivity index (χ0v) is 21.3. The minimum Gasteiger partial charge on any atom is -0.480 e. The number of carboxylic acids is 1. The zero-order chi connectivity index (χ0) is 27.8. The Labute approximate surface area is 213 Å².